The van der Waals surface area contributed by atoms with Crippen LogP contribution in [0.25, 0.3) is 0 Å². The molecule has 2 rings (SSSR count). The third-order valence-electron chi connectivity index (χ3n) is 3.13. The SMILES string of the molecule is CNCc1cnc(C2CCCCCC2)s1. The molecule has 15 heavy (non-hydrogen) atoms. The Balaban J connectivity index is 2.00. The van der Waals surface area contributed by atoms with Crippen molar-refractivity contribution in [2.75, 3.05) is 7.05 Å². The highest BCUT2D eigenvalue weighted by molar-refractivity contribution is 7.11. The van der Waals surface area contributed by atoms with E-state index < -0.39 is 0 Å². The smallest absolute Gasteiger partial charge is 0.0959 e. The molecule has 0 saturated heterocycles. The van der Waals surface area contributed by atoms with Crippen LogP contribution in [0.3, 0.4) is 0 Å². The van der Waals surface area contributed by atoms with Crippen LogP contribution in [-0.2, 0) is 6.54 Å². The number of hydrogen-bond acceptors (Lipinski definition) is 3. The van der Waals surface area contributed by atoms with Crippen molar-refractivity contribution in [3.05, 3.63) is 16.1 Å². The second kappa shape index (κ2) is 5.61. The Bertz CT molecular complexity index is 288. The van der Waals surface area contributed by atoms with E-state index in [2.05, 4.69) is 10.3 Å². The summed E-state index contributed by atoms with van der Waals surface area (Å²) in [6.07, 6.45) is 10.4. The Morgan fingerprint density at radius 2 is 2.07 bits per heavy atom. The molecule has 0 radical (unpaired) electrons. The summed E-state index contributed by atoms with van der Waals surface area (Å²) >= 11 is 1.90. The van der Waals surface area contributed by atoms with Gasteiger partial charge in [0.1, 0.15) is 0 Å². The van der Waals surface area contributed by atoms with E-state index in [4.69, 9.17) is 0 Å². The zero-order chi connectivity index (χ0) is 10.5. The zero-order valence-corrected chi connectivity index (χ0v) is 10.3. The van der Waals surface area contributed by atoms with Crippen LogP contribution < -0.4 is 5.32 Å². The molecule has 1 aromatic rings. The molecule has 2 nitrogen and oxygen atoms in total. The normalized spacial score (nSPS) is 19.0. The molecule has 0 bridgehead atoms. The Morgan fingerprint density at radius 1 is 1.33 bits per heavy atom. The van der Waals surface area contributed by atoms with Gasteiger partial charge in [-0.3, -0.25) is 0 Å². The minimum absolute atomic E-state index is 0.753. The van der Waals surface area contributed by atoms with Gasteiger partial charge in [0.25, 0.3) is 0 Å². The van der Waals surface area contributed by atoms with Gasteiger partial charge >= 0.3 is 0 Å². The number of nitrogens with one attached hydrogen (secondary N) is 1. The van der Waals surface area contributed by atoms with Crippen LogP contribution in [0.1, 0.15) is 54.3 Å². The molecule has 1 saturated carbocycles. The zero-order valence-electron chi connectivity index (χ0n) is 9.46. The average molecular weight is 224 g/mol. The monoisotopic (exact) mass is 224 g/mol. The highest BCUT2D eigenvalue weighted by Crippen LogP contribution is 2.33. The van der Waals surface area contributed by atoms with Gasteiger partial charge in [-0.2, -0.15) is 0 Å². The largest absolute Gasteiger partial charge is 0.315 e. The predicted octanol–water partition coefficient (Wildman–Crippen LogP) is 3.30. The molecule has 1 aromatic heterocycles. The Kier molecular flexibility index (Phi) is 4.15. The van der Waals surface area contributed by atoms with E-state index in [1.54, 1.807) is 0 Å². The van der Waals surface area contributed by atoms with Crippen LogP contribution in [0.2, 0.25) is 0 Å². The van der Waals surface area contributed by atoms with E-state index in [1.807, 2.05) is 24.6 Å². The van der Waals surface area contributed by atoms with Crippen molar-refractivity contribution in [2.24, 2.45) is 0 Å². The van der Waals surface area contributed by atoms with Crippen molar-refractivity contribution < 1.29 is 0 Å². The molecule has 0 aliphatic heterocycles. The lowest BCUT2D eigenvalue weighted by molar-refractivity contribution is 0.589. The third kappa shape index (κ3) is 3.02. The molecule has 0 spiro atoms. The van der Waals surface area contributed by atoms with E-state index in [1.165, 1.54) is 48.4 Å². The lowest BCUT2D eigenvalue weighted by atomic mass is 10.0. The van der Waals surface area contributed by atoms with Crippen molar-refractivity contribution in [3.8, 4) is 0 Å². The molecular formula is C12H20N2S. The second-order valence-corrected chi connectivity index (χ2v) is 5.53. The second-order valence-electron chi connectivity index (χ2n) is 4.38. The van der Waals surface area contributed by atoms with Gasteiger partial charge in [-0.15, -0.1) is 11.3 Å². The van der Waals surface area contributed by atoms with E-state index in [-0.39, 0.29) is 0 Å². The summed E-state index contributed by atoms with van der Waals surface area (Å²) in [5.74, 6) is 0.753. The van der Waals surface area contributed by atoms with Crippen LogP contribution in [0.4, 0.5) is 0 Å². The molecule has 1 N–H and O–H groups in total. The Morgan fingerprint density at radius 3 is 2.73 bits per heavy atom. The van der Waals surface area contributed by atoms with Crippen molar-refractivity contribution in [1.82, 2.24) is 10.3 Å². The molecular weight excluding hydrogens is 204 g/mol. The van der Waals surface area contributed by atoms with Gasteiger partial charge in [0.05, 0.1) is 5.01 Å². The Labute approximate surface area is 96.1 Å². The molecule has 0 amide bonds. The van der Waals surface area contributed by atoms with Crippen LogP contribution >= 0.6 is 11.3 Å². The molecule has 0 atom stereocenters. The summed E-state index contributed by atoms with van der Waals surface area (Å²) in [5.41, 5.74) is 0. The maximum atomic E-state index is 4.58. The summed E-state index contributed by atoms with van der Waals surface area (Å²) in [5, 5.41) is 4.56. The molecule has 0 aromatic carbocycles. The van der Waals surface area contributed by atoms with Crippen molar-refractivity contribution in [3.63, 3.8) is 0 Å². The van der Waals surface area contributed by atoms with Gasteiger partial charge in [0.2, 0.25) is 0 Å². The molecule has 84 valence electrons. The summed E-state index contributed by atoms with van der Waals surface area (Å²) in [4.78, 5) is 5.95. The standard InChI is InChI=1S/C12H20N2S/c1-13-8-11-9-14-12(15-11)10-6-4-2-3-5-7-10/h9-10,13H,2-8H2,1H3. The first-order chi connectivity index (χ1) is 7.40. The van der Waals surface area contributed by atoms with Crippen molar-refractivity contribution >= 4 is 11.3 Å². The van der Waals surface area contributed by atoms with Crippen LogP contribution in [0.5, 0.6) is 0 Å². The van der Waals surface area contributed by atoms with E-state index in [0.717, 1.165) is 12.5 Å². The highest BCUT2D eigenvalue weighted by Gasteiger charge is 2.17. The number of aromatic nitrogens is 1. The molecule has 3 heteroatoms. The predicted molar refractivity (Wildman–Crippen MR) is 65.3 cm³/mol. The lowest BCUT2D eigenvalue weighted by Gasteiger charge is -2.09. The van der Waals surface area contributed by atoms with E-state index in [9.17, 15) is 0 Å². The first-order valence-corrected chi connectivity index (χ1v) is 6.81. The van der Waals surface area contributed by atoms with Crippen molar-refractivity contribution in [2.45, 2.75) is 51.0 Å². The van der Waals surface area contributed by atoms with Crippen molar-refractivity contribution in [1.29, 1.82) is 0 Å². The topological polar surface area (TPSA) is 24.9 Å². The fraction of sp³-hybridized carbons (Fsp3) is 0.750. The third-order valence-corrected chi connectivity index (χ3v) is 4.29. The van der Waals surface area contributed by atoms with Crippen LogP contribution in [-0.4, -0.2) is 12.0 Å². The average Bonchev–Trinajstić information content (AvgIpc) is 2.53. The molecule has 1 heterocycles. The summed E-state index contributed by atoms with van der Waals surface area (Å²) in [6, 6.07) is 0. The maximum absolute atomic E-state index is 4.58. The van der Waals surface area contributed by atoms with E-state index in [0.29, 0.717) is 0 Å². The first-order valence-electron chi connectivity index (χ1n) is 5.99. The number of hydrogen-bond donors (Lipinski definition) is 1. The minimum atomic E-state index is 0.753. The van der Waals surface area contributed by atoms with Gasteiger partial charge < -0.3 is 5.32 Å². The number of nitrogens with zero attached hydrogens (tertiary/aromatic N) is 1. The van der Waals surface area contributed by atoms with Gasteiger partial charge in [0, 0.05) is 23.5 Å². The number of rotatable bonds is 3. The lowest BCUT2D eigenvalue weighted by Crippen LogP contribution is -2.02. The highest BCUT2D eigenvalue weighted by atomic mass is 32.1. The fourth-order valence-electron chi connectivity index (χ4n) is 2.29. The quantitative estimate of drug-likeness (QED) is 0.797. The molecule has 1 aliphatic rings. The maximum Gasteiger partial charge on any atom is 0.0959 e. The van der Waals surface area contributed by atoms with E-state index >= 15 is 0 Å². The summed E-state index contributed by atoms with van der Waals surface area (Å²) in [7, 11) is 1.99. The summed E-state index contributed by atoms with van der Waals surface area (Å²) in [6.45, 7) is 0.963. The Hall–Kier alpha value is -0.410. The van der Waals surface area contributed by atoms with Crippen LogP contribution in [0.15, 0.2) is 6.20 Å². The van der Waals surface area contributed by atoms with Crippen LogP contribution in [0, 0.1) is 0 Å². The molecule has 0 unspecified atom stereocenters. The van der Waals surface area contributed by atoms with Gasteiger partial charge in [-0.25, -0.2) is 4.98 Å². The van der Waals surface area contributed by atoms with Gasteiger partial charge in [-0.05, 0) is 19.9 Å². The fourth-order valence-corrected chi connectivity index (χ4v) is 3.39. The van der Waals surface area contributed by atoms with Gasteiger partial charge in [-0.1, -0.05) is 25.7 Å². The first kappa shape index (κ1) is 11.1. The van der Waals surface area contributed by atoms with Gasteiger partial charge in [0.15, 0.2) is 0 Å². The number of thiazole rings is 1. The summed E-state index contributed by atoms with van der Waals surface area (Å²) < 4.78 is 0. The minimum Gasteiger partial charge on any atom is -0.315 e. The molecule has 1 aliphatic carbocycles. The molecule has 1 fully saturated rings.